The van der Waals surface area contributed by atoms with E-state index in [4.69, 9.17) is 14.2 Å². The number of carbonyl (C=O) groups excluding carboxylic acids is 2. The zero-order chi connectivity index (χ0) is 22.5. The summed E-state index contributed by atoms with van der Waals surface area (Å²) < 4.78 is 16.2. The van der Waals surface area contributed by atoms with E-state index in [0.717, 1.165) is 5.56 Å². The Kier molecular flexibility index (Phi) is 6.58. The predicted octanol–water partition coefficient (Wildman–Crippen LogP) is 2.60. The minimum atomic E-state index is -0.570. The van der Waals surface area contributed by atoms with Crippen molar-refractivity contribution in [3.63, 3.8) is 0 Å². The summed E-state index contributed by atoms with van der Waals surface area (Å²) in [6.07, 6.45) is 0. The Balaban J connectivity index is 1.74. The second-order valence-electron chi connectivity index (χ2n) is 6.81. The first-order valence-electron chi connectivity index (χ1n) is 9.65. The molecule has 0 fully saturated rings. The van der Waals surface area contributed by atoms with Gasteiger partial charge in [0.05, 0.1) is 30.4 Å². The molecule has 1 aliphatic heterocycles. The van der Waals surface area contributed by atoms with Gasteiger partial charge in [-0.1, -0.05) is 6.07 Å². The minimum absolute atomic E-state index is 0.191. The number of hydrogen-bond acceptors (Lipinski definition) is 7. The van der Waals surface area contributed by atoms with Crippen LogP contribution in [-0.4, -0.2) is 43.6 Å². The molecule has 2 aromatic rings. The van der Waals surface area contributed by atoms with E-state index in [9.17, 15) is 19.7 Å². The van der Waals surface area contributed by atoms with Gasteiger partial charge in [0.2, 0.25) is 5.91 Å². The number of amides is 2. The lowest BCUT2D eigenvalue weighted by Crippen LogP contribution is -2.45. The molecule has 1 atom stereocenters. The Hall–Kier alpha value is -3.82. The number of anilines is 1. The van der Waals surface area contributed by atoms with E-state index in [-0.39, 0.29) is 30.6 Å². The lowest BCUT2D eigenvalue weighted by molar-refractivity contribution is -0.384. The zero-order valence-corrected chi connectivity index (χ0v) is 17.4. The van der Waals surface area contributed by atoms with Gasteiger partial charge in [-0.2, -0.15) is 0 Å². The highest BCUT2D eigenvalue weighted by atomic mass is 16.6. The third kappa shape index (κ3) is 4.85. The summed E-state index contributed by atoms with van der Waals surface area (Å²) in [7, 11) is 1.53. The molecule has 0 bridgehead atoms. The molecule has 0 spiro atoms. The summed E-state index contributed by atoms with van der Waals surface area (Å²) >= 11 is 0. The lowest BCUT2D eigenvalue weighted by atomic mass is 10.1. The molecular formula is C21H23N3O7. The molecule has 1 unspecified atom stereocenters. The van der Waals surface area contributed by atoms with E-state index < -0.39 is 16.7 Å². The number of non-ortho nitro benzene ring substituents is 1. The molecule has 1 heterocycles. The van der Waals surface area contributed by atoms with E-state index in [0.29, 0.717) is 23.9 Å². The van der Waals surface area contributed by atoms with Gasteiger partial charge in [0, 0.05) is 12.1 Å². The number of nitro groups is 1. The second kappa shape index (κ2) is 9.33. The first-order valence-corrected chi connectivity index (χ1v) is 9.65. The second-order valence-corrected chi connectivity index (χ2v) is 6.81. The number of hydrogen-bond donors (Lipinski definition) is 1. The number of nitrogens with one attached hydrogen (secondary N) is 1. The maximum atomic E-state index is 12.7. The Morgan fingerprint density at radius 3 is 2.74 bits per heavy atom. The highest BCUT2D eigenvalue weighted by Crippen LogP contribution is 2.35. The first kappa shape index (κ1) is 21.9. The van der Waals surface area contributed by atoms with Gasteiger partial charge >= 0.3 is 0 Å². The molecule has 0 saturated carbocycles. The number of carbonyl (C=O) groups is 2. The predicted molar refractivity (Wildman–Crippen MR) is 112 cm³/mol. The molecule has 0 aliphatic carbocycles. The molecule has 0 radical (unpaired) electrons. The molecule has 10 heteroatoms. The highest BCUT2D eigenvalue weighted by Gasteiger charge is 2.29. The third-order valence-electron chi connectivity index (χ3n) is 4.76. The van der Waals surface area contributed by atoms with Gasteiger partial charge in [0.25, 0.3) is 11.6 Å². The van der Waals surface area contributed by atoms with Crippen molar-refractivity contribution in [2.24, 2.45) is 0 Å². The van der Waals surface area contributed by atoms with Gasteiger partial charge in [0.1, 0.15) is 12.3 Å². The first-order chi connectivity index (χ1) is 14.8. The quantitative estimate of drug-likeness (QED) is 0.506. The minimum Gasteiger partial charge on any atom is -0.493 e. The van der Waals surface area contributed by atoms with Crippen LogP contribution in [0.4, 0.5) is 11.4 Å². The van der Waals surface area contributed by atoms with Gasteiger partial charge in [-0.15, -0.1) is 0 Å². The fourth-order valence-electron chi connectivity index (χ4n) is 3.22. The largest absolute Gasteiger partial charge is 0.493 e. The number of benzene rings is 2. The van der Waals surface area contributed by atoms with Crippen LogP contribution in [0.1, 0.15) is 25.5 Å². The van der Waals surface area contributed by atoms with Crippen LogP contribution in [0.15, 0.2) is 36.4 Å². The van der Waals surface area contributed by atoms with E-state index in [2.05, 4.69) is 5.32 Å². The van der Waals surface area contributed by atoms with Crippen molar-refractivity contribution < 1.29 is 28.7 Å². The molecule has 164 valence electrons. The van der Waals surface area contributed by atoms with Gasteiger partial charge < -0.3 is 19.5 Å². The maximum absolute atomic E-state index is 12.7. The number of methoxy groups -OCH3 is 1. The summed E-state index contributed by atoms with van der Waals surface area (Å²) in [6.45, 7) is 3.62. The number of fused-ring (bicyclic) bond motifs is 1. The Morgan fingerprint density at radius 2 is 2.06 bits per heavy atom. The average molecular weight is 429 g/mol. The van der Waals surface area contributed by atoms with Crippen molar-refractivity contribution in [3.05, 3.63) is 52.1 Å². The van der Waals surface area contributed by atoms with Gasteiger partial charge in [-0.05, 0) is 37.6 Å². The summed E-state index contributed by atoms with van der Waals surface area (Å²) in [4.78, 5) is 36.7. The molecule has 1 N–H and O–H groups in total. The molecule has 0 saturated heterocycles. The van der Waals surface area contributed by atoms with Gasteiger partial charge in [-0.3, -0.25) is 24.6 Å². The Morgan fingerprint density at radius 1 is 1.29 bits per heavy atom. The molecular weight excluding hydrogens is 406 g/mol. The smallest absolute Gasteiger partial charge is 0.271 e. The van der Waals surface area contributed by atoms with Crippen LogP contribution in [-0.2, 0) is 9.59 Å². The van der Waals surface area contributed by atoms with Crippen molar-refractivity contribution in [2.75, 3.05) is 31.8 Å². The fourth-order valence-corrected chi connectivity index (χ4v) is 3.22. The molecule has 2 aromatic carbocycles. The summed E-state index contributed by atoms with van der Waals surface area (Å²) in [5.41, 5.74) is 0.784. The van der Waals surface area contributed by atoms with Crippen LogP contribution in [0.3, 0.4) is 0 Å². The molecule has 3 rings (SSSR count). The van der Waals surface area contributed by atoms with Crippen molar-refractivity contribution in [3.8, 4) is 17.2 Å². The van der Waals surface area contributed by atoms with Gasteiger partial charge in [0.15, 0.2) is 18.1 Å². The van der Waals surface area contributed by atoms with Crippen LogP contribution >= 0.6 is 0 Å². The van der Waals surface area contributed by atoms with Crippen molar-refractivity contribution >= 4 is 23.2 Å². The maximum Gasteiger partial charge on any atom is 0.271 e. The molecule has 0 aromatic heterocycles. The standard InChI is InChI=1S/C21H23N3O7/c1-4-30-18-7-5-14(9-19(18)29-3)13(2)22-20(25)11-23-16-10-15(24(27)28)6-8-17(16)31-12-21(23)26/h5-10,13H,4,11-12H2,1-3H3,(H,22,25). The van der Waals surface area contributed by atoms with Crippen LogP contribution in [0, 0.1) is 10.1 Å². The third-order valence-corrected chi connectivity index (χ3v) is 4.76. The van der Waals surface area contributed by atoms with Crippen molar-refractivity contribution in [1.29, 1.82) is 0 Å². The highest BCUT2D eigenvalue weighted by molar-refractivity contribution is 6.02. The molecule has 10 nitrogen and oxygen atoms in total. The number of nitrogens with zero attached hydrogens (tertiary/aromatic N) is 2. The van der Waals surface area contributed by atoms with Gasteiger partial charge in [-0.25, -0.2) is 0 Å². The Bertz CT molecular complexity index is 1010. The average Bonchev–Trinajstić information content (AvgIpc) is 2.75. The molecule has 1 aliphatic rings. The molecule has 31 heavy (non-hydrogen) atoms. The normalized spacial score (nSPS) is 13.6. The van der Waals surface area contributed by atoms with Crippen LogP contribution in [0.25, 0.3) is 0 Å². The number of rotatable bonds is 8. The zero-order valence-electron chi connectivity index (χ0n) is 17.4. The summed E-state index contributed by atoms with van der Waals surface area (Å²) in [5, 5.41) is 13.9. The van der Waals surface area contributed by atoms with Crippen molar-refractivity contribution in [1.82, 2.24) is 5.32 Å². The Labute approximate surface area is 178 Å². The fraction of sp³-hybridized carbons (Fsp3) is 0.333. The number of nitro benzene ring substituents is 1. The van der Waals surface area contributed by atoms with E-state index in [1.165, 1.54) is 30.2 Å². The van der Waals surface area contributed by atoms with E-state index in [1.807, 2.05) is 13.0 Å². The van der Waals surface area contributed by atoms with Crippen molar-refractivity contribution in [2.45, 2.75) is 19.9 Å². The topological polar surface area (TPSA) is 120 Å². The SMILES string of the molecule is CCOc1ccc(C(C)NC(=O)CN2C(=O)COc3ccc([N+](=O)[O-])cc32)cc1OC. The lowest BCUT2D eigenvalue weighted by Gasteiger charge is -2.29. The molecule has 2 amide bonds. The van der Waals surface area contributed by atoms with Crippen LogP contribution in [0.5, 0.6) is 17.2 Å². The summed E-state index contributed by atoms with van der Waals surface area (Å²) in [5.74, 6) is 0.573. The number of ether oxygens (including phenoxy) is 3. The van der Waals surface area contributed by atoms with E-state index in [1.54, 1.807) is 19.1 Å². The van der Waals surface area contributed by atoms with E-state index >= 15 is 0 Å². The van der Waals surface area contributed by atoms with Crippen LogP contribution < -0.4 is 24.4 Å². The van der Waals surface area contributed by atoms with Crippen LogP contribution in [0.2, 0.25) is 0 Å². The summed E-state index contributed by atoms with van der Waals surface area (Å²) in [6, 6.07) is 8.90. The monoisotopic (exact) mass is 429 g/mol.